The van der Waals surface area contributed by atoms with E-state index in [9.17, 15) is 9.90 Å². The first kappa shape index (κ1) is 20.0. The summed E-state index contributed by atoms with van der Waals surface area (Å²) in [5, 5.41) is 12.7. The van der Waals surface area contributed by atoms with E-state index in [4.69, 9.17) is 4.74 Å². The third-order valence-corrected chi connectivity index (χ3v) is 5.60. The number of nitrogens with one attached hydrogen (secondary N) is 1. The van der Waals surface area contributed by atoms with E-state index in [1.807, 2.05) is 48.5 Å². The van der Waals surface area contributed by atoms with Crippen LogP contribution in [0.3, 0.4) is 0 Å². The number of carbonyl (C=O) groups is 1. The Kier molecular flexibility index (Phi) is 6.00. The van der Waals surface area contributed by atoms with Crippen molar-refractivity contribution in [2.75, 3.05) is 7.11 Å². The van der Waals surface area contributed by atoms with Gasteiger partial charge in [0.15, 0.2) is 0 Å². The van der Waals surface area contributed by atoms with Crippen LogP contribution in [0.5, 0.6) is 11.5 Å². The molecule has 1 unspecified atom stereocenters. The Morgan fingerprint density at radius 2 is 1.67 bits per heavy atom. The minimum atomic E-state index is -0.244. The van der Waals surface area contributed by atoms with Gasteiger partial charge < -0.3 is 15.2 Å². The maximum absolute atomic E-state index is 13.1. The minimum absolute atomic E-state index is 0.0269. The van der Waals surface area contributed by atoms with Gasteiger partial charge in [-0.2, -0.15) is 0 Å². The average molecular weight is 402 g/mol. The quantitative estimate of drug-likeness (QED) is 0.661. The number of rotatable bonds is 6. The Hall–Kier alpha value is -3.31. The first-order chi connectivity index (χ1) is 14.6. The summed E-state index contributed by atoms with van der Waals surface area (Å²) in [7, 11) is 1.64. The maximum Gasteiger partial charge on any atom is 0.237 e. The Balaban J connectivity index is 1.49. The molecule has 1 aliphatic rings. The monoisotopic (exact) mass is 402 g/mol. The second kappa shape index (κ2) is 9.01. The number of fused-ring (bicyclic) bond motifs is 1. The second-order valence-corrected chi connectivity index (χ2v) is 7.63. The van der Waals surface area contributed by atoms with E-state index in [0.29, 0.717) is 19.5 Å². The van der Waals surface area contributed by atoms with Crippen molar-refractivity contribution in [1.29, 1.82) is 0 Å². The fourth-order valence-electron chi connectivity index (χ4n) is 3.89. The number of ether oxygens (including phenoxy) is 1. The lowest BCUT2D eigenvalue weighted by atomic mass is 9.93. The lowest BCUT2D eigenvalue weighted by Crippen LogP contribution is -2.49. The largest absolute Gasteiger partial charge is 0.508 e. The molecular weight excluding hydrogens is 376 g/mol. The number of amides is 1. The zero-order chi connectivity index (χ0) is 20.9. The molecule has 2 N–H and O–H groups in total. The van der Waals surface area contributed by atoms with E-state index in [-0.39, 0.29) is 17.7 Å². The summed E-state index contributed by atoms with van der Waals surface area (Å²) in [4.78, 5) is 15.3. The number of methoxy groups -OCH3 is 1. The summed E-state index contributed by atoms with van der Waals surface area (Å²) in [6.45, 7) is 1.85. The van der Waals surface area contributed by atoms with E-state index >= 15 is 0 Å². The highest BCUT2D eigenvalue weighted by Gasteiger charge is 2.31. The zero-order valence-corrected chi connectivity index (χ0v) is 17.0. The van der Waals surface area contributed by atoms with Crippen LogP contribution in [-0.2, 0) is 30.8 Å². The molecule has 5 heteroatoms. The van der Waals surface area contributed by atoms with Crippen molar-refractivity contribution in [3.05, 3.63) is 95.1 Å². The normalized spacial score (nSPS) is 16.0. The van der Waals surface area contributed by atoms with Crippen LogP contribution in [0.15, 0.2) is 72.8 Å². The van der Waals surface area contributed by atoms with Gasteiger partial charge >= 0.3 is 0 Å². The van der Waals surface area contributed by atoms with Gasteiger partial charge in [-0.1, -0.05) is 48.5 Å². The summed E-state index contributed by atoms with van der Waals surface area (Å²) < 4.78 is 5.19. The molecule has 0 saturated carbocycles. The summed E-state index contributed by atoms with van der Waals surface area (Å²) in [6, 6.07) is 23.0. The molecule has 0 fully saturated rings. The smallest absolute Gasteiger partial charge is 0.237 e. The van der Waals surface area contributed by atoms with E-state index < -0.39 is 0 Å². The highest BCUT2D eigenvalue weighted by atomic mass is 16.5. The van der Waals surface area contributed by atoms with Crippen LogP contribution in [-0.4, -0.2) is 29.1 Å². The number of hydrogen-bond acceptors (Lipinski definition) is 4. The van der Waals surface area contributed by atoms with E-state index in [0.717, 1.165) is 23.4 Å². The van der Waals surface area contributed by atoms with Crippen molar-refractivity contribution in [3.63, 3.8) is 0 Å². The molecule has 0 bridgehead atoms. The van der Waals surface area contributed by atoms with Gasteiger partial charge in [0.2, 0.25) is 5.91 Å². The molecule has 30 heavy (non-hydrogen) atoms. The number of carbonyl (C=O) groups excluding carboxylic acids is 1. The predicted octanol–water partition coefficient (Wildman–Crippen LogP) is 3.64. The van der Waals surface area contributed by atoms with Gasteiger partial charge in [0.25, 0.3) is 0 Å². The molecular formula is C25H26N2O3. The van der Waals surface area contributed by atoms with E-state index in [1.54, 1.807) is 19.2 Å². The van der Waals surface area contributed by atoms with Crippen molar-refractivity contribution in [2.45, 2.75) is 32.1 Å². The lowest BCUT2D eigenvalue weighted by Gasteiger charge is -2.36. The summed E-state index contributed by atoms with van der Waals surface area (Å²) in [5.74, 6) is 1.07. The van der Waals surface area contributed by atoms with Gasteiger partial charge in [0.05, 0.1) is 13.2 Å². The van der Waals surface area contributed by atoms with Crippen LogP contribution in [0.2, 0.25) is 0 Å². The predicted molar refractivity (Wildman–Crippen MR) is 116 cm³/mol. The number of nitrogens with zero attached hydrogens (tertiary/aromatic N) is 1. The molecule has 0 radical (unpaired) electrons. The molecule has 0 saturated heterocycles. The second-order valence-electron chi connectivity index (χ2n) is 7.63. The van der Waals surface area contributed by atoms with Gasteiger partial charge in [-0.25, -0.2) is 0 Å². The molecule has 1 heterocycles. The van der Waals surface area contributed by atoms with Crippen molar-refractivity contribution >= 4 is 5.91 Å². The molecule has 4 rings (SSSR count). The van der Waals surface area contributed by atoms with Gasteiger partial charge in [0.1, 0.15) is 11.5 Å². The third kappa shape index (κ3) is 4.63. The fourth-order valence-corrected chi connectivity index (χ4v) is 3.89. The van der Waals surface area contributed by atoms with Crippen molar-refractivity contribution in [1.82, 2.24) is 10.2 Å². The summed E-state index contributed by atoms with van der Waals surface area (Å²) in [5.41, 5.74) is 4.59. The lowest BCUT2D eigenvalue weighted by molar-refractivity contribution is -0.127. The first-order valence-electron chi connectivity index (χ1n) is 10.1. The molecule has 5 nitrogen and oxygen atoms in total. The summed E-state index contributed by atoms with van der Waals surface area (Å²) in [6.07, 6.45) is 0.683. The maximum atomic E-state index is 13.1. The summed E-state index contributed by atoms with van der Waals surface area (Å²) >= 11 is 0. The molecule has 1 amide bonds. The van der Waals surface area contributed by atoms with Crippen LogP contribution >= 0.6 is 0 Å². The number of hydrogen-bond donors (Lipinski definition) is 2. The SMILES string of the molecule is COc1ccc(CNC(=O)C2Cc3ccccc3CN2Cc2ccc(O)cc2)cc1. The molecule has 3 aromatic rings. The van der Waals surface area contributed by atoms with Crippen LogP contribution in [0.4, 0.5) is 0 Å². The highest BCUT2D eigenvalue weighted by molar-refractivity contribution is 5.82. The molecule has 1 atom stereocenters. The fraction of sp³-hybridized carbons (Fsp3) is 0.240. The number of phenols is 1. The Morgan fingerprint density at radius 1 is 1.00 bits per heavy atom. The number of phenolic OH excluding ortho intramolecular Hbond substituents is 1. The number of aromatic hydroxyl groups is 1. The van der Waals surface area contributed by atoms with Crippen LogP contribution < -0.4 is 10.1 Å². The molecule has 3 aromatic carbocycles. The van der Waals surface area contributed by atoms with Gasteiger partial charge in [-0.3, -0.25) is 9.69 Å². The van der Waals surface area contributed by atoms with Gasteiger partial charge in [0, 0.05) is 19.6 Å². The van der Waals surface area contributed by atoms with Crippen LogP contribution in [0.25, 0.3) is 0 Å². The molecule has 1 aliphatic heterocycles. The van der Waals surface area contributed by atoms with Crippen molar-refractivity contribution in [3.8, 4) is 11.5 Å². The standard InChI is InChI=1S/C25H26N2O3/c1-30-23-12-8-18(9-13-23)15-26-25(29)24-14-20-4-2-3-5-21(20)17-27(24)16-19-6-10-22(28)11-7-19/h2-13,24,28H,14-17H2,1H3,(H,26,29). The van der Waals surface area contributed by atoms with Crippen molar-refractivity contribution < 1.29 is 14.6 Å². The Labute approximate surface area is 176 Å². The van der Waals surface area contributed by atoms with Crippen LogP contribution in [0.1, 0.15) is 22.3 Å². The molecule has 154 valence electrons. The minimum Gasteiger partial charge on any atom is -0.508 e. The van der Waals surface area contributed by atoms with Crippen molar-refractivity contribution in [2.24, 2.45) is 0 Å². The Bertz CT molecular complexity index is 1000. The molecule has 0 aromatic heterocycles. The first-order valence-corrected chi connectivity index (χ1v) is 10.1. The highest BCUT2D eigenvalue weighted by Crippen LogP contribution is 2.26. The van der Waals surface area contributed by atoms with Crippen LogP contribution in [0, 0.1) is 0 Å². The topological polar surface area (TPSA) is 61.8 Å². The molecule has 0 aliphatic carbocycles. The van der Waals surface area contributed by atoms with Gasteiger partial charge in [-0.15, -0.1) is 0 Å². The van der Waals surface area contributed by atoms with E-state index in [1.165, 1.54) is 11.1 Å². The number of benzene rings is 3. The van der Waals surface area contributed by atoms with E-state index in [2.05, 4.69) is 22.3 Å². The third-order valence-electron chi connectivity index (χ3n) is 5.60. The molecule has 0 spiro atoms. The Morgan fingerprint density at radius 3 is 2.37 bits per heavy atom. The zero-order valence-electron chi connectivity index (χ0n) is 17.0. The van der Waals surface area contributed by atoms with Gasteiger partial charge in [-0.05, 0) is 52.9 Å². The average Bonchev–Trinajstić information content (AvgIpc) is 2.79.